The average Bonchev–Trinajstić information content (AvgIpc) is 2.42. The number of piperazine rings is 1. The van der Waals surface area contributed by atoms with Gasteiger partial charge in [0, 0.05) is 44.4 Å². The summed E-state index contributed by atoms with van der Waals surface area (Å²) >= 11 is 0. The second-order valence-electron chi connectivity index (χ2n) is 4.32. The van der Waals surface area contributed by atoms with E-state index >= 15 is 0 Å². The highest BCUT2D eigenvalue weighted by molar-refractivity contribution is 5.15. The maximum absolute atomic E-state index is 10.3. The first-order chi connectivity index (χ1) is 8.70. The van der Waals surface area contributed by atoms with Crippen molar-refractivity contribution in [1.29, 1.82) is 0 Å². The summed E-state index contributed by atoms with van der Waals surface area (Å²) in [5, 5.41) is 16.8. The van der Waals surface area contributed by atoms with Gasteiger partial charge in [0.15, 0.2) is 0 Å². The van der Waals surface area contributed by atoms with Crippen molar-refractivity contribution in [2.24, 2.45) is 0 Å². The summed E-state index contributed by atoms with van der Waals surface area (Å²) in [4.78, 5) is 10.1. The van der Waals surface area contributed by atoms with Gasteiger partial charge in [-0.15, -0.1) is 0 Å². The molecule has 0 aliphatic carbocycles. The average molecular weight is 251 g/mol. The van der Waals surface area contributed by atoms with Crippen LogP contribution in [0.5, 0.6) is 0 Å². The Morgan fingerprint density at radius 1 is 1.17 bits per heavy atom. The van der Waals surface area contributed by atoms with E-state index < -0.39 is 6.04 Å². The molecule has 1 aliphatic rings. The van der Waals surface area contributed by atoms with Crippen LogP contribution in [0.4, 0.5) is 0 Å². The van der Waals surface area contributed by atoms with Crippen molar-refractivity contribution < 1.29 is 4.92 Å². The van der Waals surface area contributed by atoms with Gasteiger partial charge in [0.2, 0.25) is 6.04 Å². The zero-order chi connectivity index (χ0) is 13.2. The van der Waals surface area contributed by atoms with Crippen molar-refractivity contribution >= 4 is 0 Å². The standard InChI is InChI=1S/C9H11NO2.C4H10N2/c1-8(10(11)12)7-9-5-3-2-4-6-9;1-2-6-4-3-5-1/h2-6,8H,7H2,1H3;5-6H,1-4H2. The molecule has 2 rings (SSSR count). The summed E-state index contributed by atoms with van der Waals surface area (Å²) in [7, 11) is 0. The molecule has 1 fully saturated rings. The topological polar surface area (TPSA) is 67.2 Å². The molecule has 1 atom stereocenters. The van der Waals surface area contributed by atoms with Crippen LogP contribution in [-0.4, -0.2) is 37.1 Å². The molecule has 1 unspecified atom stereocenters. The molecule has 1 aromatic rings. The van der Waals surface area contributed by atoms with E-state index in [4.69, 9.17) is 0 Å². The lowest BCUT2D eigenvalue weighted by Gasteiger charge is -2.11. The van der Waals surface area contributed by atoms with Crippen molar-refractivity contribution in [2.75, 3.05) is 26.2 Å². The minimum Gasteiger partial charge on any atom is -0.314 e. The van der Waals surface area contributed by atoms with Crippen molar-refractivity contribution in [2.45, 2.75) is 19.4 Å². The van der Waals surface area contributed by atoms with E-state index in [0.717, 1.165) is 31.7 Å². The Balaban J connectivity index is 0.000000225. The fourth-order valence-corrected chi connectivity index (χ4v) is 1.63. The predicted molar refractivity (Wildman–Crippen MR) is 72.3 cm³/mol. The van der Waals surface area contributed by atoms with Gasteiger partial charge in [-0.3, -0.25) is 10.1 Å². The molecule has 18 heavy (non-hydrogen) atoms. The first-order valence-corrected chi connectivity index (χ1v) is 6.29. The molecule has 2 N–H and O–H groups in total. The van der Waals surface area contributed by atoms with Crippen molar-refractivity contribution in [1.82, 2.24) is 10.6 Å². The molecule has 5 nitrogen and oxygen atoms in total. The number of hydrogen-bond donors (Lipinski definition) is 2. The second-order valence-corrected chi connectivity index (χ2v) is 4.32. The molecule has 1 saturated heterocycles. The lowest BCUT2D eigenvalue weighted by molar-refractivity contribution is -0.517. The number of rotatable bonds is 3. The van der Waals surface area contributed by atoms with Crippen LogP contribution in [0.1, 0.15) is 12.5 Å². The number of benzene rings is 1. The second kappa shape index (κ2) is 8.60. The van der Waals surface area contributed by atoms with E-state index in [9.17, 15) is 10.1 Å². The molecule has 0 radical (unpaired) electrons. The first-order valence-electron chi connectivity index (χ1n) is 6.29. The van der Waals surface area contributed by atoms with Crippen molar-refractivity contribution in [3.05, 3.63) is 46.0 Å². The molecular weight excluding hydrogens is 230 g/mol. The molecular formula is C13H21N3O2. The number of nitrogens with zero attached hydrogens (tertiary/aromatic N) is 1. The van der Waals surface area contributed by atoms with Crippen molar-refractivity contribution in [3.63, 3.8) is 0 Å². The monoisotopic (exact) mass is 251 g/mol. The first kappa shape index (κ1) is 14.6. The maximum Gasteiger partial charge on any atom is 0.214 e. The zero-order valence-corrected chi connectivity index (χ0v) is 10.8. The minimum atomic E-state index is -0.493. The molecule has 100 valence electrons. The Hall–Kier alpha value is -1.46. The van der Waals surface area contributed by atoms with Crippen LogP contribution in [0.25, 0.3) is 0 Å². The highest BCUT2D eigenvalue weighted by atomic mass is 16.6. The Bertz CT molecular complexity index is 328. The van der Waals surface area contributed by atoms with Gasteiger partial charge in [0.05, 0.1) is 0 Å². The van der Waals surface area contributed by atoms with Gasteiger partial charge in [-0.25, -0.2) is 0 Å². The molecule has 5 heteroatoms. The van der Waals surface area contributed by atoms with Crippen LogP contribution in [0.2, 0.25) is 0 Å². The molecule has 0 aromatic heterocycles. The molecule has 0 amide bonds. The number of nitro groups is 1. The quantitative estimate of drug-likeness (QED) is 0.623. The molecule has 1 heterocycles. The van der Waals surface area contributed by atoms with Crippen LogP contribution in [-0.2, 0) is 6.42 Å². The summed E-state index contributed by atoms with van der Waals surface area (Å²) in [6.45, 7) is 6.17. The van der Waals surface area contributed by atoms with E-state index in [0.29, 0.717) is 6.42 Å². The third kappa shape index (κ3) is 6.32. The maximum atomic E-state index is 10.3. The van der Waals surface area contributed by atoms with Gasteiger partial charge in [0.1, 0.15) is 0 Å². The summed E-state index contributed by atoms with van der Waals surface area (Å²) in [6, 6.07) is 9.00. The van der Waals surface area contributed by atoms with Crippen molar-refractivity contribution in [3.8, 4) is 0 Å². The van der Waals surface area contributed by atoms with E-state index in [-0.39, 0.29) is 4.92 Å². The lowest BCUT2D eigenvalue weighted by atomic mass is 10.1. The van der Waals surface area contributed by atoms with Crippen LogP contribution in [0.3, 0.4) is 0 Å². The van der Waals surface area contributed by atoms with E-state index in [1.165, 1.54) is 0 Å². The van der Waals surface area contributed by atoms with Crippen LogP contribution >= 0.6 is 0 Å². The van der Waals surface area contributed by atoms with Crippen LogP contribution < -0.4 is 10.6 Å². The normalized spacial score (nSPS) is 16.3. The van der Waals surface area contributed by atoms with Crippen LogP contribution in [0, 0.1) is 10.1 Å². The predicted octanol–water partition coefficient (Wildman–Crippen LogP) is 1.07. The van der Waals surface area contributed by atoms with Gasteiger partial charge >= 0.3 is 0 Å². The van der Waals surface area contributed by atoms with Gasteiger partial charge < -0.3 is 10.6 Å². The zero-order valence-electron chi connectivity index (χ0n) is 10.8. The smallest absolute Gasteiger partial charge is 0.214 e. The van der Waals surface area contributed by atoms with Gasteiger partial charge in [-0.2, -0.15) is 0 Å². The minimum absolute atomic E-state index is 0.257. The molecule has 0 spiro atoms. The Labute approximate surface area is 108 Å². The fourth-order valence-electron chi connectivity index (χ4n) is 1.63. The Morgan fingerprint density at radius 2 is 1.67 bits per heavy atom. The van der Waals surface area contributed by atoms with Gasteiger partial charge in [-0.05, 0) is 5.56 Å². The number of nitrogens with one attached hydrogen (secondary N) is 2. The van der Waals surface area contributed by atoms with E-state index in [1.807, 2.05) is 30.3 Å². The third-order valence-electron chi connectivity index (χ3n) is 2.69. The molecule has 0 bridgehead atoms. The number of hydrogen-bond acceptors (Lipinski definition) is 4. The summed E-state index contributed by atoms with van der Waals surface area (Å²) < 4.78 is 0. The SMILES string of the molecule is C1CNCCN1.CC(Cc1ccccc1)[N+](=O)[O-]. The molecule has 1 aliphatic heterocycles. The Morgan fingerprint density at radius 3 is 2.06 bits per heavy atom. The van der Waals surface area contributed by atoms with E-state index in [2.05, 4.69) is 10.6 Å². The molecule has 0 saturated carbocycles. The highest BCUT2D eigenvalue weighted by Gasteiger charge is 2.12. The third-order valence-corrected chi connectivity index (χ3v) is 2.69. The van der Waals surface area contributed by atoms with Crippen LogP contribution in [0.15, 0.2) is 30.3 Å². The molecule has 1 aromatic carbocycles. The summed E-state index contributed by atoms with van der Waals surface area (Å²) in [5.41, 5.74) is 1.02. The highest BCUT2D eigenvalue weighted by Crippen LogP contribution is 2.04. The fraction of sp³-hybridized carbons (Fsp3) is 0.538. The van der Waals surface area contributed by atoms with Gasteiger partial charge in [0.25, 0.3) is 0 Å². The Kier molecular flexibility index (Phi) is 6.98. The lowest BCUT2D eigenvalue weighted by Crippen LogP contribution is -2.39. The summed E-state index contributed by atoms with van der Waals surface area (Å²) in [5.74, 6) is 0. The van der Waals surface area contributed by atoms with Gasteiger partial charge in [-0.1, -0.05) is 30.3 Å². The largest absolute Gasteiger partial charge is 0.314 e. The summed E-state index contributed by atoms with van der Waals surface area (Å²) in [6.07, 6.45) is 0.508. The van der Waals surface area contributed by atoms with E-state index in [1.54, 1.807) is 6.92 Å².